The van der Waals surface area contributed by atoms with E-state index >= 15 is 0 Å². The van der Waals surface area contributed by atoms with E-state index in [9.17, 15) is 4.79 Å². The number of amidine groups is 1. The van der Waals surface area contributed by atoms with Gasteiger partial charge < -0.3 is 4.74 Å². The molecule has 1 unspecified atom stereocenters. The third-order valence-electron chi connectivity index (χ3n) is 5.64. The van der Waals surface area contributed by atoms with Crippen LogP contribution in [0, 0.1) is 0 Å². The standard InChI is InChI=1S/C27H26N4O2S/c1-2-3-9-17-34-27-29-26(32)24-22-15-7-8-16-23(22)28-25(31(24)30-27)19-11-10-14-21(18-19)33-20-12-5-4-6-13-20/h4-8,10-16,18,25H,2-3,9,17H2,1H3,(H,29,30,32). The number of hydrogen-bond donors (Lipinski definition) is 1. The molecule has 172 valence electrons. The van der Waals surface area contributed by atoms with Gasteiger partial charge in [0.25, 0.3) is 5.91 Å². The number of amides is 1. The van der Waals surface area contributed by atoms with Gasteiger partial charge in [0, 0.05) is 16.5 Å². The summed E-state index contributed by atoms with van der Waals surface area (Å²) in [6.45, 7) is 2.18. The number of unbranched alkanes of at least 4 members (excludes halogenated alkanes) is 2. The van der Waals surface area contributed by atoms with E-state index < -0.39 is 6.17 Å². The summed E-state index contributed by atoms with van der Waals surface area (Å²) in [5.74, 6) is 2.23. The molecule has 2 aliphatic heterocycles. The van der Waals surface area contributed by atoms with E-state index in [0.717, 1.165) is 46.9 Å². The first kappa shape index (κ1) is 22.2. The minimum absolute atomic E-state index is 0.156. The summed E-state index contributed by atoms with van der Waals surface area (Å²) in [6, 6.07) is 25.2. The minimum atomic E-state index is -0.471. The molecule has 3 aromatic rings. The summed E-state index contributed by atoms with van der Waals surface area (Å²) < 4.78 is 6.05. The van der Waals surface area contributed by atoms with Crippen LogP contribution >= 0.6 is 11.8 Å². The smallest absolute Gasteiger partial charge is 0.276 e. The molecule has 0 spiro atoms. The summed E-state index contributed by atoms with van der Waals surface area (Å²) in [4.78, 5) is 18.2. The normalized spacial score (nSPS) is 16.7. The highest BCUT2D eigenvalue weighted by atomic mass is 32.2. The molecule has 0 fully saturated rings. The Morgan fingerprint density at radius 3 is 2.62 bits per heavy atom. The van der Waals surface area contributed by atoms with Crippen molar-refractivity contribution in [2.45, 2.75) is 32.4 Å². The molecule has 0 saturated carbocycles. The lowest BCUT2D eigenvalue weighted by Gasteiger charge is -2.34. The number of nitrogens with one attached hydrogen (secondary N) is 1. The van der Waals surface area contributed by atoms with E-state index in [1.165, 1.54) is 0 Å². The van der Waals surface area contributed by atoms with Crippen LogP contribution in [-0.4, -0.2) is 21.8 Å². The minimum Gasteiger partial charge on any atom is -0.457 e. The predicted molar refractivity (Wildman–Crippen MR) is 136 cm³/mol. The van der Waals surface area contributed by atoms with Crippen LogP contribution in [0.3, 0.4) is 0 Å². The Morgan fingerprint density at radius 1 is 0.971 bits per heavy atom. The van der Waals surface area contributed by atoms with E-state index in [4.69, 9.17) is 14.8 Å². The summed E-state index contributed by atoms with van der Waals surface area (Å²) in [7, 11) is 0. The van der Waals surface area contributed by atoms with Gasteiger partial charge in [0.2, 0.25) is 0 Å². The van der Waals surface area contributed by atoms with Gasteiger partial charge in [-0.2, -0.15) is 0 Å². The highest BCUT2D eigenvalue weighted by Crippen LogP contribution is 2.33. The summed E-state index contributed by atoms with van der Waals surface area (Å²) in [5, 5.41) is 11.7. The zero-order chi connectivity index (χ0) is 23.3. The summed E-state index contributed by atoms with van der Waals surface area (Å²) in [5.41, 5.74) is 1.41. The lowest BCUT2D eigenvalue weighted by Crippen LogP contribution is -2.50. The fourth-order valence-corrected chi connectivity index (χ4v) is 4.85. The SMILES string of the molecule is CCCCCSC1=NN2C(=c3ccccc3=NC2c2cccc(Oc3ccccc3)c2)C(=O)N1. The van der Waals surface area contributed by atoms with Gasteiger partial charge in [0.15, 0.2) is 11.3 Å². The highest BCUT2D eigenvalue weighted by Gasteiger charge is 2.34. The zero-order valence-electron chi connectivity index (χ0n) is 19.0. The number of thioether (sulfide) groups is 1. The molecule has 1 atom stereocenters. The van der Waals surface area contributed by atoms with E-state index in [0.29, 0.717) is 16.6 Å². The Kier molecular flexibility index (Phi) is 6.62. The molecule has 34 heavy (non-hydrogen) atoms. The van der Waals surface area contributed by atoms with Crippen molar-refractivity contribution in [1.82, 2.24) is 10.3 Å². The Labute approximate surface area is 203 Å². The van der Waals surface area contributed by atoms with Gasteiger partial charge >= 0.3 is 0 Å². The van der Waals surface area contributed by atoms with Gasteiger partial charge in [-0.1, -0.05) is 80.1 Å². The molecule has 0 aliphatic carbocycles. The molecule has 6 nitrogen and oxygen atoms in total. The fourth-order valence-electron chi connectivity index (χ4n) is 3.99. The van der Waals surface area contributed by atoms with Crippen molar-refractivity contribution in [3.8, 4) is 11.5 Å². The average molecular weight is 471 g/mol. The lowest BCUT2D eigenvalue weighted by atomic mass is 10.1. The van der Waals surface area contributed by atoms with Crippen molar-refractivity contribution in [2.75, 3.05) is 5.75 Å². The molecule has 1 N–H and O–H groups in total. The van der Waals surface area contributed by atoms with Crippen molar-refractivity contribution in [2.24, 2.45) is 10.1 Å². The first-order valence-electron chi connectivity index (χ1n) is 11.5. The number of fused-ring (bicyclic) bond motifs is 2. The maximum absolute atomic E-state index is 13.2. The first-order valence-corrected chi connectivity index (χ1v) is 12.5. The van der Waals surface area contributed by atoms with Crippen LogP contribution in [0.1, 0.15) is 37.9 Å². The Bertz CT molecular complexity index is 1340. The number of benzene rings is 3. The topological polar surface area (TPSA) is 66.3 Å². The van der Waals surface area contributed by atoms with E-state index in [1.807, 2.05) is 78.9 Å². The summed E-state index contributed by atoms with van der Waals surface area (Å²) >= 11 is 1.58. The van der Waals surface area contributed by atoms with Crippen LogP contribution in [0.15, 0.2) is 89.0 Å². The molecule has 3 aromatic carbocycles. The molecule has 0 aromatic heterocycles. The second-order valence-corrected chi connectivity index (χ2v) is 9.20. The highest BCUT2D eigenvalue weighted by molar-refractivity contribution is 8.13. The fraction of sp³-hybridized carbons (Fsp3) is 0.222. The van der Waals surface area contributed by atoms with Gasteiger partial charge in [-0.05, 0) is 36.8 Å². The predicted octanol–water partition coefficient (Wildman–Crippen LogP) is 4.55. The van der Waals surface area contributed by atoms with Crippen LogP contribution < -0.4 is 20.6 Å². The van der Waals surface area contributed by atoms with Gasteiger partial charge in [-0.3, -0.25) is 15.1 Å². The maximum atomic E-state index is 13.2. The number of carbonyl (C=O) groups excluding carboxylic acids is 1. The zero-order valence-corrected chi connectivity index (χ0v) is 19.8. The third-order valence-corrected chi connectivity index (χ3v) is 6.59. The largest absolute Gasteiger partial charge is 0.457 e. The third kappa shape index (κ3) is 4.70. The van der Waals surface area contributed by atoms with Crippen molar-refractivity contribution in [3.05, 3.63) is 95.0 Å². The molecule has 2 aliphatic rings. The van der Waals surface area contributed by atoms with Crippen LogP contribution in [-0.2, 0) is 4.79 Å². The second-order valence-electron chi connectivity index (χ2n) is 8.12. The lowest BCUT2D eigenvalue weighted by molar-refractivity contribution is -0.116. The number of ether oxygens (including phenoxy) is 1. The number of hydrogen-bond acceptors (Lipinski definition) is 6. The Balaban J connectivity index is 1.52. The number of carbonyl (C=O) groups is 1. The van der Waals surface area contributed by atoms with Gasteiger partial charge in [-0.25, -0.2) is 5.01 Å². The van der Waals surface area contributed by atoms with Gasteiger partial charge in [0.05, 0.1) is 5.36 Å². The molecular formula is C27H26N4O2S. The van der Waals surface area contributed by atoms with E-state index in [-0.39, 0.29) is 5.91 Å². The molecule has 1 amide bonds. The molecule has 0 bridgehead atoms. The van der Waals surface area contributed by atoms with E-state index in [1.54, 1.807) is 16.8 Å². The van der Waals surface area contributed by atoms with Gasteiger partial charge in [-0.15, -0.1) is 5.10 Å². The van der Waals surface area contributed by atoms with Crippen molar-refractivity contribution < 1.29 is 9.53 Å². The van der Waals surface area contributed by atoms with Crippen molar-refractivity contribution in [1.29, 1.82) is 0 Å². The molecule has 7 heteroatoms. The van der Waals surface area contributed by atoms with Gasteiger partial charge in [0.1, 0.15) is 17.2 Å². The van der Waals surface area contributed by atoms with Crippen molar-refractivity contribution >= 4 is 28.5 Å². The maximum Gasteiger partial charge on any atom is 0.276 e. The second kappa shape index (κ2) is 10.1. The molecule has 0 radical (unpaired) electrons. The number of para-hydroxylation sites is 2. The molecule has 0 saturated heterocycles. The number of nitrogens with zero attached hydrogens (tertiary/aromatic N) is 3. The van der Waals surface area contributed by atoms with Crippen LogP contribution in [0.4, 0.5) is 0 Å². The van der Waals surface area contributed by atoms with E-state index in [2.05, 4.69) is 12.2 Å². The van der Waals surface area contributed by atoms with Crippen LogP contribution in [0.5, 0.6) is 11.5 Å². The van der Waals surface area contributed by atoms with Crippen LogP contribution in [0.25, 0.3) is 5.70 Å². The molecular weight excluding hydrogens is 444 g/mol. The van der Waals surface area contributed by atoms with Crippen LogP contribution in [0.2, 0.25) is 0 Å². The number of hydrazone groups is 1. The average Bonchev–Trinajstić information content (AvgIpc) is 2.87. The Hall–Kier alpha value is -3.58. The quantitative estimate of drug-likeness (QED) is 0.515. The Morgan fingerprint density at radius 2 is 1.76 bits per heavy atom. The molecule has 2 heterocycles. The first-order chi connectivity index (χ1) is 16.7. The number of rotatable bonds is 7. The summed E-state index contributed by atoms with van der Waals surface area (Å²) in [6.07, 6.45) is 2.93. The van der Waals surface area contributed by atoms with Crippen molar-refractivity contribution in [3.63, 3.8) is 0 Å². The molecule has 5 rings (SSSR count). The monoisotopic (exact) mass is 470 g/mol.